The lowest BCUT2D eigenvalue weighted by atomic mass is 10.1. The Labute approximate surface area is 109 Å². The zero-order chi connectivity index (χ0) is 14.8. The molecule has 0 unspecified atom stereocenters. The van der Waals surface area contributed by atoms with E-state index in [1.165, 1.54) is 6.07 Å². The molecule has 0 saturated carbocycles. The number of hydrogen-bond acceptors (Lipinski definition) is 4. The van der Waals surface area contributed by atoms with Crippen molar-refractivity contribution in [1.29, 1.82) is 0 Å². The number of hydrogen-bond donors (Lipinski definition) is 0. The summed E-state index contributed by atoms with van der Waals surface area (Å²) in [5.74, 6) is -0.165. The van der Waals surface area contributed by atoms with Crippen LogP contribution < -0.4 is 0 Å². The van der Waals surface area contributed by atoms with E-state index in [9.17, 15) is 21.6 Å². The summed E-state index contributed by atoms with van der Waals surface area (Å²) >= 11 is 0. The molecule has 1 rings (SSSR count). The first-order valence-corrected chi connectivity index (χ1v) is 7.27. The summed E-state index contributed by atoms with van der Waals surface area (Å²) in [7, 11) is -3.65. The number of aromatic nitrogens is 2. The molecule has 0 atom stereocenters. The predicted octanol–water partition coefficient (Wildman–Crippen LogP) is 2.05. The number of alkyl halides is 3. The normalized spacial score (nSPS) is 13.2. The van der Waals surface area contributed by atoms with Gasteiger partial charge in [0.25, 0.3) is 10.1 Å². The van der Waals surface area contributed by atoms with Crippen LogP contribution in [0.4, 0.5) is 13.2 Å². The highest BCUT2D eigenvalue weighted by molar-refractivity contribution is 7.85. The Morgan fingerprint density at radius 3 is 2.42 bits per heavy atom. The Bertz CT molecular complexity index is 535. The van der Waals surface area contributed by atoms with E-state index in [-0.39, 0.29) is 18.2 Å². The monoisotopic (exact) mass is 300 g/mol. The third kappa shape index (κ3) is 5.60. The van der Waals surface area contributed by atoms with Crippen LogP contribution in [-0.4, -0.2) is 30.6 Å². The molecule has 0 saturated heterocycles. The third-order valence-electron chi connectivity index (χ3n) is 2.20. The van der Waals surface area contributed by atoms with Gasteiger partial charge < -0.3 is 0 Å². The highest BCUT2D eigenvalue weighted by Gasteiger charge is 2.30. The van der Waals surface area contributed by atoms with E-state index in [1.54, 1.807) is 13.8 Å². The molecule has 0 bridgehead atoms. The maximum Gasteiger partial charge on any atom is 0.408 e. The molecule has 0 aliphatic carbocycles. The van der Waals surface area contributed by atoms with Crippen molar-refractivity contribution in [2.75, 3.05) is 6.26 Å². The lowest BCUT2D eigenvalue weighted by Crippen LogP contribution is -2.21. The fourth-order valence-electron chi connectivity index (χ4n) is 1.49. The summed E-state index contributed by atoms with van der Waals surface area (Å²) in [5.41, 5.74) is 0.530. The van der Waals surface area contributed by atoms with Crippen LogP contribution in [0.2, 0.25) is 0 Å². The fourth-order valence-corrected chi connectivity index (χ4v) is 1.82. The van der Waals surface area contributed by atoms with E-state index in [1.807, 2.05) is 0 Å². The molecule has 0 amide bonds. The quantitative estimate of drug-likeness (QED) is 0.781. The van der Waals surface area contributed by atoms with Gasteiger partial charge in [-0.15, -0.1) is 0 Å². The minimum Gasteiger partial charge on any atom is -0.264 e. The van der Waals surface area contributed by atoms with Crippen LogP contribution >= 0.6 is 0 Å². The van der Waals surface area contributed by atoms with Gasteiger partial charge in [-0.05, 0) is 12.0 Å². The van der Waals surface area contributed by atoms with Crippen LogP contribution in [0.25, 0.3) is 0 Å². The van der Waals surface area contributed by atoms with E-state index in [2.05, 4.69) is 9.28 Å². The minimum absolute atomic E-state index is 0.151. The molecule has 19 heavy (non-hydrogen) atoms. The van der Waals surface area contributed by atoms with Gasteiger partial charge in [-0.1, -0.05) is 13.8 Å². The first-order chi connectivity index (χ1) is 8.48. The van der Waals surface area contributed by atoms with E-state index in [0.29, 0.717) is 5.69 Å². The molecule has 1 aromatic rings. The van der Waals surface area contributed by atoms with Gasteiger partial charge in [0.1, 0.15) is 13.2 Å². The topological polar surface area (TPSA) is 61.2 Å². The molecule has 0 N–H and O–H groups in total. The summed E-state index contributed by atoms with van der Waals surface area (Å²) in [6.07, 6.45) is -3.52. The van der Waals surface area contributed by atoms with E-state index in [0.717, 1.165) is 10.9 Å². The van der Waals surface area contributed by atoms with Gasteiger partial charge in [0.15, 0.2) is 0 Å². The Morgan fingerprint density at radius 2 is 2.00 bits per heavy atom. The molecule has 9 heteroatoms. The summed E-state index contributed by atoms with van der Waals surface area (Å²) in [5, 5.41) is 3.73. The smallest absolute Gasteiger partial charge is 0.264 e. The molecule has 110 valence electrons. The maximum atomic E-state index is 12.4. The molecule has 5 nitrogen and oxygen atoms in total. The van der Waals surface area contributed by atoms with Crippen molar-refractivity contribution in [3.63, 3.8) is 0 Å². The summed E-state index contributed by atoms with van der Waals surface area (Å²) in [6, 6.07) is 1.42. The zero-order valence-corrected chi connectivity index (χ0v) is 11.5. The molecule has 0 fully saturated rings. The standard InChI is InChI=1S/C10H15F3N2O3S/c1-7(2)9-4-8(5-18-19(3,16)17)14-15(9)6-10(11,12)13/h4,7H,5-6H2,1-3H3. The second-order valence-corrected chi connectivity index (χ2v) is 6.10. The van der Waals surface area contributed by atoms with Gasteiger partial charge >= 0.3 is 6.18 Å². The molecule has 1 aromatic heterocycles. The molecular formula is C10H15F3N2O3S. The predicted molar refractivity (Wildman–Crippen MR) is 62.0 cm³/mol. The third-order valence-corrected chi connectivity index (χ3v) is 2.75. The Balaban J connectivity index is 2.94. The van der Waals surface area contributed by atoms with Crippen LogP contribution in [0.3, 0.4) is 0 Å². The van der Waals surface area contributed by atoms with Crippen molar-refractivity contribution in [2.45, 2.75) is 39.1 Å². The van der Waals surface area contributed by atoms with Crippen molar-refractivity contribution < 1.29 is 25.8 Å². The van der Waals surface area contributed by atoms with Gasteiger partial charge in [0.05, 0.1) is 11.9 Å². The summed E-state index contributed by atoms with van der Waals surface area (Å²) in [4.78, 5) is 0. The average molecular weight is 300 g/mol. The van der Waals surface area contributed by atoms with E-state index >= 15 is 0 Å². The SMILES string of the molecule is CC(C)c1cc(COS(C)(=O)=O)nn1CC(F)(F)F. The van der Waals surface area contributed by atoms with E-state index in [4.69, 9.17) is 0 Å². The Morgan fingerprint density at radius 1 is 1.42 bits per heavy atom. The van der Waals surface area contributed by atoms with Gasteiger partial charge in [-0.3, -0.25) is 8.86 Å². The average Bonchev–Trinajstić information content (AvgIpc) is 2.54. The summed E-state index contributed by atoms with van der Waals surface area (Å²) < 4.78 is 64.1. The fraction of sp³-hybridized carbons (Fsp3) is 0.700. The molecule has 0 spiro atoms. The molecule has 1 heterocycles. The summed E-state index contributed by atoms with van der Waals surface area (Å²) in [6.45, 7) is 1.87. The lowest BCUT2D eigenvalue weighted by Gasteiger charge is -2.11. The largest absolute Gasteiger partial charge is 0.408 e. The minimum atomic E-state index is -4.38. The van der Waals surface area contributed by atoms with Crippen LogP contribution in [0.15, 0.2) is 6.07 Å². The van der Waals surface area contributed by atoms with Gasteiger partial charge in [-0.25, -0.2) is 0 Å². The molecule has 0 aliphatic heterocycles. The van der Waals surface area contributed by atoms with Crippen molar-refractivity contribution in [3.8, 4) is 0 Å². The van der Waals surface area contributed by atoms with Gasteiger partial charge in [0.2, 0.25) is 0 Å². The van der Waals surface area contributed by atoms with Crippen LogP contribution in [-0.2, 0) is 27.5 Å². The molecule has 0 aromatic carbocycles. The van der Waals surface area contributed by atoms with E-state index < -0.39 is 22.8 Å². The van der Waals surface area contributed by atoms with Crippen molar-refractivity contribution >= 4 is 10.1 Å². The number of nitrogens with zero attached hydrogens (tertiary/aromatic N) is 2. The van der Waals surface area contributed by atoms with Gasteiger partial charge in [-0.2, -0.15) is 26.7 Å². The van der Waals surface area contributed by atoms with Crippen LogP contribution in [0.1, 0.15) is 31.2 Å². The first-order valence-electron chi connectivity index (χ1n) is 5.46. The molecular weight excluding hydrogens is 285 g/mol. The maximum absolute atomic E-state index is 12.4. The molecule has 0 radical (unpaired) electrons. The first kappa shape index (κ1) is 16.0. The lowest BCUT2D eigenvalue weighted by molar-refractivity contribution is -0.143. The number of rotatable bonds is 5. The van der Waals surface area contributed by atoms with Crippen molar-refractivity contribution in [3.05, 3.63) is 17.5 Å². The van der Waals surface area contributed by atoms with Gasteiger partial charge in [0, 0.05) is 5.69 Å². The van der Waals surface area contributed by atoms with Crippen molar-refractivity contribution in [1.82, 2.24) is 9.78 Å². The highest BCUT2D eigenvalue weighted by Crippen LogP contribution is 2.22. The van der Waals surface area contributed by atoms with Crippen LogP contribution in [0, 0.1) is 0 Å². The second kappa shape index (κ2) is 5.49. The Hall–Kier alpha value is -1.09. The molecule has 0 aliphatic rings. The van der Waals surface area contributed by atoms with Crippen molar-refractivity contribution in [2.24, 2.45) is 0 Å². The zero-order valence-electron chi connectivity index (χ0n) is 10.7. The second-order valence-electron chi connectivity index (χ2n) is 4.45. The Kier molecular flexibility index (Phi) is 4.62. The number of halogens is 3. The van der Waals surface area contributed by atoms with Crippen LogP contribution in [0.5, 0.6) is 0 Å². The highest BCUT2D eigenvalue weighted by atomic mass is 32.2.